The standard InChI is InChI=1S/C13H19BrN2O/c1-3-17-12-5-4-6-15-13(12)16(2)9-10-7-11(14)8-10/h4-6,10-11H,3,7-9H2,1-2H3. The molecule has 3 nitrogen and oxygen atoms in total. The average Bonchev–Trinajstić information content (AvgIpc) is 2.28. The van der Waals surface area contributed by atoms with E-state index in [1.807, 2.05) is 25.3 Å². The van der Waals surface area contributed by atoms with E-state index in [2.05, 4.69) is 32.9 Å². The lowest BCUT2D eigenvalue weighted by molar-refractivity contribution is 0.327. The minimum absolute atomic E-state index is 0.680. The van der Waals surface area contributed by atoms with Crippen molar-refractivity contribution in [3.63, 3.8) is 0 Å². The van der Waals surface area contributed by atoms with Crippen LogP contribution in [-0.4, -0.2) is 30.0 Å². The molecule has 1 aliphatic carbocycles. The van der Waals surface area contributed by atoms with Crippen molar-refractivity contribution in [2.24, 2.45) is 5.92 Å². The highest BCUT2D eigenvalue weighted by Gasteiger charge is 2.28. The van der Waals surface area contributed by atoms with Gasteiger partial charge in [0, 0.05) is 24.6 Å². The van der Waals surface area contributed by atoms with Gasteiger partial charge in [0.05, 0.1) is 6.61 Å². The normalized spacial score (nSPS) is 23.0. The van der Waals surface area contributed by atoms with Crippen molar-refractivity contribution in [2.75, 3.05) is 25.1 Å². The second kappa shape index (κ2) is 5.71. The van der Waals surface area contributed by atoms with E-state index in [1.54, 1.807) is 0 Å². The molecule has 1 aromatic rings. The Morgan fingerprint density at radius 3 is 2.94 bits per heavy atom. The highest BCUT2D eigenvalue weighted by Crippen LogP contribution is 2.35. The SMILES string of the molecule is CCOc1cccnc1N(C)CC1CC(Br)C1. The molecule has 0 amide bonds. The second-order valence-electron chi connectivity index (χ2n) is 4.57. The van der Waals surface area contributed by atoms with Crippen molar-refractivity contribution >= 4 is 21.7 Å². The summed E-state index contributed by atoms with van der Waals surface area (Å²) in [4.78, 5) is 7.34. The summed E-state index contributed by atoms with van der Waals surface area (Å²) in [5.74, 6) is 2.61. The first-order valence-electron chi connectivity index (χ1n) is 6.13. The van der Waals surface area contributed by atoms with Crippen LogP contribution >= 0.6 is 15.9 Å². The molecule has 17 heavy (non-hydrogen) atoms. The molecule has 0 N–H and O–H groups in total. The van der Waals surface area contributed by atoms with E-state index in [0.29, 0.717) is 6.61 Å². The summed E-state index contributed by atoms with van der Waals surface area (Å²) >= 11 is 3.63. The van der Waals surface area contributed by atoms with E-state index >= 15 is 0 Å². The highest BCUT2D eigenvalue weighted by molar-refractivity contribution is 9.09. The fourth-order valence-corrected chi connectivity index (χ4v) is 3.27. The first-order valence-corrected chi connectivity index (χ1v) is 7.05. The Balaban J connectivity index is 1.99. The van der Waals surface area contributed by atoms with E-state index in [1.165, 1.54) is 12.8 Å². The number of anilines is 1. The van der Waals surface area contributed by atoms with Crippen molar-refractivity contribution < 1.29 is 4.74 Å². The molecule has 2 rings (SSSR count). The number of nitrogens with zero attached hydrogens (tertiary/aromatic N) is 2. The summed E-state index contributed by atoms with van der Waals surface area (Å²) in [5, 5.41) is 0. The molecule has 0 radical (unpaired) electrons. The Hall–Kier alpha value is -0.770. The molecule has 1 fully saturated rings. The Kier molecular flexibility index (Phi) is 4.26. The van der Waals surface area contributed by atoms with Crippen LogP contribution < -0.4 is 9.64 Å². The van der Waals surface area contributed by atoms with Gasteiger partial charge in [-0.2, -0.15) is 0 Å². The maximum atomic E-state index is 5.60. The topological polar surface area (TPSA) is 25.4 Å². The Morgan fingerprint density at radius 1 is 1.53 bits per heavy atom. The number of aromatic nitrogens is 1. The van der Waals surface area contributed by atoms with Crippen LogP contribution in [0.3, 0.4) is 0 Å². The lowest BCUT2D eigenvalue weighted by atomic mass is 9.85. The monoisotopic (exact) mass is 298 g/mol. The van der Waals surface area contributed by atoms with Gasteiger partial charge in [0.2, 0.25) is 0 Å². The van der Waals surface area contributed by atoms with Crippen molar-refractivity contribution in [3.05, 3.63) is 18.3 Å². The van der Waals surface area contributed by atoms with E-state index < -0.39 is 0 Å². The van der Waals surface area contributed by atoms with Crippen molar-refractivity contribution in [2.45, 2.75) is 24.6 Å². The molecule has 0 aliphatic heterocycles. The highest BCUT2D eigenvalue weighted by atomic mass is 79.9. The van der Waals surface area contributed by atoms with Crippen molar-refractivity contribution in [1.82, 2.24) is 4.98 Å². The molecule has 94 valence electrons. The number of hydrogen-bond acceptors (Lipinski definition) is 3. The molecule has 0 aromatic carbocycles. The van der Waals surface area contributed by atoms with Crippen LogP contribution in [0.15, 0.2) is 18.3 Å². The Morgan fingerprint density at radius 2 is 2.29 bits per heavy atom. The number of hydrogen-bond donors (Lipinski definition) is 0. The third-order valence-electron chi connectivity index (χ3n) is 3.12. The molecule has 1 aliphatic rings. The largest absolute Gasteiger partial charge is 0.490 e. The smallest absolute Gasteiger partial charge is 0.171 e. The maximum absolute atomic E-state index is 5.60. The van der Waals surface area contributed by atoms with Crippen LogP contribution in [-0.2, 0) is 0 Å². The fraction of sp³-hybridized carbons (Fsp3) is 0.615. The van der Waals surface area contributed by atoms with Gasteiger partial charge in [0.1, 0.15) is 0 Å². The van der Waals surface area contributed by atoms with Crippen LogP contribution in [0.2, 0.25) is 0 Å². The molecular weight excluding hydrogens is 280 g/mol. The molecule has 1 saturated carbocycles. The fourth-order valence-electron chi connectivity index (χ4n) is 2.21. The average molecular weight is 299 g/mol. The van der Waals surface area contributed by atoms with Gasteiger partial charge in [-0.15, -0.1) is 0 Å². The molecule has 0 saturated heterocycles. The Labute approximate surface area is 111 Å². The van der Waals surface area contributed by atoms with Gasteiger partial charge in [-0.1, -0.05) is 15.9 Å². The van der Waals surface area contributed by atoms with Gasteiger partial charge in [0.15, 0.2) is 11.6 Å². The van der Waals surface area contributed by atoms with Gasteiger partial charge < -0.3 is 9.64 Å². The number of pyridine rings is 1. The van der Waals surface area contributed by atoms with E-state index in [4.69, 9.17) is 4.74 Å². The van der Waals surface area contributed by atoms with Crippen molar-refractivity contribution in [3.8, 4) is 5.75 Å². The summed E-state index contributed by atoms with van der Waals surface area (Å²) in [7, 11) is 2.09. The molecular formula is C13H19BrN2O. The van der Waals surface area contributed by atoms with Gasteiger partial charge in [-0.3, -0.25) is 0 Å². The molecule has 0 unspecified atom stereocenters. The first-order chi connectivity index (χ1) is 8.20. The third-order valence-corrected chi connectivity index (χ3v) is 3.87. The zero-order valence-corrected chi connectivity index (χ0v) is 12.0. The Bertz CT molecular complexity index is 366. The molecule has 1 heterocycles. The zero-order chi connectivity index (χ0) is 12.3. The lowest BCUT2D eigenvalue weighted by Gasteiger charge is -2.35. The zero-order valence-electron chi connectivity index (χ0n) is 10.4. The molecule has 4 heteroatoms. The van der Waals surface area contributed by atoms with Crippen LogP contribution in [0.5, 0.6) is 5.75 Å². The quantitative estimate of drug-likeness (QED) is 0.781. The molecule has 0 spiro atoms. The number of rotatable bonds is 5. The van der Waals surface area contributed by atoms with Crippen molar-refractivity contribution in [1.29, 1.82) is 0 Å². The van der Waals surface area contributed by atoms with E-state index in [-0.39, 0.29) is 0 Å². The molecule has 1 aromatic heterocycles. The number of halogens is 1. The predicted octanol–water partition coefficient (Wildman–Crippen LogP) is 3.09. The first kappa shape index (κ1) is 12.7. The molecule has 0 atom stereocenters. The summed E-state index contributed by atoms with van der Waals surface area (Å²) in [6.07, 6.45) is 4.35. The van der Waals surface area contributed by atoms with Crippen LogP contribution in [0.25, 0.3) is 0 Å². The summed E-state index contributed by atoms with van der Waals surface area (Å²) in [6.45, 7) is 3.73. The number of ether oxygens (including phenoxy) is 1. The third kappa shape index (κ3) is 3.12. The predicted molar refractivity (Wildman–Crippen MR) is 74.1 cm³/mol. The van der Waals surface area contributed by atoms with Gasteiger partial charge in [0.25, 0.3) is 0 Å². The van der Waals surface area contributed by atoms with Gasteiger partial charge in [-0.05, 0) is 37.8 Å². The molecule has 0 bridgehead atoms. The lowest BCUT2D eigenvalue weighted by Crippen LogP contribution is -2.35. The van der Waals surface area contributed by atoms with Crippen LogP contribution in [0, 0.1) is 5.92 Å². The van der Waals surface area contributed by atoms with E-state index in [0.717, 1.165) is 28.9 Å². The maximum Gasteiger partial charge on any atom is 0.171 e. The summed E-state index contributed by atoms with van der Waals surface area (Å²) in [5.41, 5.74) is 0. The number of alkyl halides is 1. The second-order valence-corrected chi connectivity index (χ2v) is 5.87. The minimum Gasteiger partial charge on any atom is -0.490 e. The minimum atomic E-state index is 0.680. The van der Waals surface area contributed by atoms with Crippen LogP contribution in [0.4, 0.5) is 5.82 Å². The summed E-state index contributed by atoms with van der Waals surface area (Å²) in [6, 6.07) is 3.90. The van der Waals surface area contributed by atoms with Crippen LogP contribution in [0.1, 0.15) is 19.8 Å². The van der Waals surface area contributed by atoms with E-state index in [9.17, 15) is 0 Å². The van der Waals surface area contributed by atoms with Gasteiger partial charge >= 0.3 is 0 Å². The van der Waals surface area contributed by atoms with Gasteiger partial charge in [-0.25, -0.2) is 4.98 Å². The summed E-state index contributed by atoms with van der Waals surface area (Å²) < 4.78 is 5.60.